The van der Waals surface area contributed by atoms with E-state index in [2.05, 4.69) is 25.9 Å². The summed E-state index contributed by atoms with van der Waals surface area (Å²) in [4.78, 5) is 26.0. The lowest BCUT2D eigenvalue weighted by molar-refractivity contribution is -0.148. The van der Waals surface area contributed by atoms with E-state index in [4.69, 9.17) is 12.2 Å². The Morgan fingerprint density at radius 2 is 1.97 bits per heavy atom. The van der Waals surface area contributed by atoms with Gasteiger partial charge in [0.05, 0.1) is 13.2 Å². The highest BCUT2D eigenvalue weighted by Crippen LogP contribution is 2.40. The highest BCUT2D eigenvalue weighted by Gasteiger charge is 2.38. The number of carbonyl (C=O) groups excluding carboxylic acids is 2. The molecule has 1 amide bonds. The largest absolute Gasteiger partial charge is 0.464 e. The molecule has 1 aromatic rings. The molecule has 1 saturated carbocycles. The second-order valence-corrected chi connectivity index (χ2v) is 8.30. The molecule has 4 atom stereocenters. The van der Waals surface area contributed by atoms with Crippen LogP contribution in [-0.4, -0.2) is 76.4 Å². The lowest BCUT2D eigenvalue weighted by Crippen LogP contribution is -2.50. The number of rotatable bonds is 10. The van der Waals surface area contributed by atoms with Gasteiger partial charge in [-0.1, -0.05) is 11.6 Å². The quantitative estimate of drug-likeness (QED) is 0.420. The van der Waals surface area contributed by atoms with Crippen molar-refractivity contribution in [2.75, 3.05) is 32.8 Å². The van der Waals surface area contributed by atoms with Crippen LogP contribution >= 0.6 is 0 Å². The molecule has 2 heterocycles. The highest BCUT2D eigenvalue weighted by atomic mass is 16.6. The Bertz CT molecular complexity index is 762. The maximum Gasteiger partial charge on any atom is 0.409 e. The minimum atomic E-state index is -1.61. The molecule has 31 heavy (non-hydrogen) atoms. The van der Waals surface area contributed by atoms with E-state index in [9.17, 15) is 9.59 Å². The molecule has 1 saturated heterocycles. The van der Waals surface area contributed by atoms with Crippen molar-refractivity contribution in [3.8, 4) is 0 Å². The number of ether oxygens (including phenoxy) is 2. The number of hydrogen-bond donors (Lipinski definition) is 2. The second kappa shape index (κ2) is 12.0. The topological polar surface area (TPSA) is 122 Å². The fraction of sp³-hybridized carbons (Fsp3) is 0.857. The fourth-order valence-corrected chi connectivity index (χ4v) is 4.48. The summed E-state index contributed by atoms with van der Waals surface area (Å²) < 4.78 is 27.5. The van der Waals surface area contributed by atoms with Crippen LogP contribution < -0.4 is 5.32 Å². The smallest absolute Gasteiger partial charge is 0.409 e. The molecule has 0 radical (unpaired) electrons. The number of aryl methyl sites for hydroxylation is 1. The number of aromatic amines is 1. The first-order valence-corrected chi connectivity index (χ1v) is 11.4. The van der Waals surface area contributed by atoms with Crippen LogP contribution in [-0.2, 0) is 20.7 Å². The monoisotopic (exact) mass is 438 g/mol. The molecule has 174 valence electrons. The molecule has 2 N–H and O–H groups in total. The first-order valence-electron chi connectivity index (χ1n) is 12.4. The summed E-state index contributed by atoms with van der Waals surface area (Å²) in [6.45, 7) is 3.63. The van der Waals surface area contributed by atoms with Crippen molar-refractivity contribution in [1.29, 1.82) is 0 Å². The van der Waals surface area contributed by atoms with E-state index in [1.807, 2.05) is 13.8 Å². The summed E-state index contributed by atoms with van der Waals surface area (Å²) in [5.74, 6) is 0.722. The Morgan fingerprint density at radius 3 is 2.71 bits per heavy atom. The molecule has 0 spiro atoms. The Labute approximate surface area is 186 Å². The van der Waals surface area contributed by atoms with Crippen LogP contribution in [0.4, 0.5) is 4.79 Å². The van der Waals surface area contributed by atoms with Crippen molar-refractivity contribution in [2.45, 2.75) is 64.8 Å². The van der Waals surface area contributed by atoms with Gasteiger partial charge in [-0.05, 0) is 63.8 Å². The minimum Gasteiger partial charge on any atom is -0.464 e. The molecule has 1 aromatic heterocycles. The Morgan fingerprint density at radius 1 is 1.16 bits per heavy atom. The van der Waals surface area contributed by atoms with Crippen LogP contribution in [0.5, 0.6) is 0 Å². The fourth-order valence-electron chi connectivity index (χ4n) is 4.48. The number of piperidine rings is 1. The van der Waals surface area contributed by atoms with Crippen LogP contribution in [0.2, 0.25) is 0 Å². The number of hydrogen-bond acceptors (Lipinski definition) is 8. The predicted molar refractivity (Wildman–Crippen MR) is 113 cm³/mol. The van der Waals surface area contributed by atoms with Gasteiger partial charge >= 0.3 is 12.1 Å². The third-order valence-corrected chi connectivity index (χ3v) is 6.30. The molecule has 2 aliphatic rings. The Kier molecular flexibility index (Phi) is 7.98. The Balaban J connectivity index is 1.43. The number of esters is 1. The van der Waals surface area contributed by atoms with E-state index < -0.39 is 18.5 Å². The summed E-state index contributed by atoms with van der Waals surface area (Å²) in [6.07, 6.45) is 4.92. The number of amides is 1. The van der Waals surface area contributed by atoms with Crippen LogP contribution in [0.15, 0.2) is 0 Å². The zero-order valence-electron chi connectivity index (χ0n) is 20.5. The van der Waals surface area contributed by atoms with E-state index in [-0.39, 0.29) is 31.1 Å². The molecule has 0 aromatic carbocycles. The molecule has 1 aliphatic carbocycles. The van der Waals surface area contributed by atoms with E-state index in [1.54, 1.807) is 4.90 Å². The van der Waals surface area contributed by atoms with Crippen molar-refractivity contribution in [3.05, 3.63) is 5.82 Å². The number of tetrazole rings is 1. The van der Waals surface area contributed by atoms with Crippen LogP contribution in [0.3, 0.4) is 0 Å². The average Bonchev–Trinajstić information content (AvgIpc) is 3.31. The van der Waals surface area contributed by atoms with Crippen LogP contribution in [0, 0.1) is 17.8 Å². The number of nitrogens with zero attached hydrogens (tertiary/aromatic N) is 4. The van der Waals surface area contributed by atoms with Gasteiger partial charge in [0.2, 0.25) is 0 Å². The Hall–Kier alpha value is -2.23. The highest BCUT2D eigenvalue weighted by molar-refractivity contribution is 5.76. The van der Waals surface area contributed by atoms with E-state index >= 15 is 0 Å². The van der Waals surface area contributed by atoms with Gasteiger partial charge in [0, 0.05) is 28.7 Å². The number of H-pyrrole nitrogens is 1. The van der Waals surface area contributed by atoms with Gasteiger partial charge < -0.3 is 19.7 Å². The lowest BCUT2D eigenvalue weighted by atomic mass is 9.69. The normalized spacial score (nSPS) is 28.1. The van der Waals surface area contributed by atoms with Crippen molar-refractivity contribution < 1.29 is 21.8 Å². The number of aromatic nitrogens is 4. The molecular weight excluding hydrogens is 400 g/mol. The van der Waals surface area contributed by atoms with Crippen LogP contribution in [0.25, 0.3) is 0 Å². The molecule has 1 aliphatic heterocycles. The molecule has 0 unspecified atom stereocenters. The number of fused-ring (bicyclic) bond motifs is 1. The first-order chi connectivity index (χ1) is 15.8. The predicted octanol–water partition coefficient (Wildman–Crippen LogP) is 1.94. The molecule has 2 fully saturated rings. The van der Waals surface area contributed by atoms with Gasteiger partial charge in [0.25, 0.3) is 0 Å². The third-order valence-electron chi connectivity index (χ3n) is 6.30. The standard InChI is InChI=1S/C21H36N6O4/c1-3-27(4-2)21(29)31-11-5-10-30-20(28)18-13-17-12-15(6-8-16(17)14-22-18)7-9-19-23-25-26-24-19/h15-18,22H,3-14H2,1-2H3,(H,23,24,25,26)/t15-,16+,17-,18+/m1/s1/i14D2. The molecule has 0 bridgehead atoms. The maximum absolute atomic E-state index is 12.6. The first kappa shape index (κ1) is 20.7. The number of nitrogens with one attached hydrogen (secondary N) is 2. The maximum atomic E-state index is 12.6. The average molecular weight is 439 g/mol. The van der Waals surface area contributed by atoms with Gasteiger partial charge in [0.1, 0.15) is 6.04 Å². The SMILES string of the molecule is [2H]C1([2H])N[C@H](C(=O)OCCCOC(=O)N(CC)CC)C[C@H]2C[C@@H](CCc3nn[nH]n3)CC[C@H]21. The third kappa shape index (κ3) is 6.88. The summed E-state index contributed by atoms with van der Waals surface area (Å²) in [6, 6.07) is -0.671. The van der Waals surface area contributed by atoms with Crippen LogP contribution in [0.1, 0.15) is 60.9 Å². The van der Waals surface area contributed by atoms with E-state index in [0.717, 1.165) is 32.1 Å². The van der Waals surface area contributed by atoms with Gasteiger partial charge in [-0.15, -0.1) is 10.2 Å². The molecule has 3 rings (SSSR count). The van der Waals surface area contributed by atoms with Crippen molar-refractivity contribution in [3.63, 3.8) is 0 Å². The zero-order valence-corrected chi connectivity index (χ0v) is 18.5. The second-order valence-electron chi connectivity index (χ2n) is 8.30. The van der Waals surface area contributed by atoms with Gasteiger partial charge in [-0.25, -0.2) is 4.79 Å². The van der Waals surface area contributed by atoms with Crippen molar-refractivity contribution in [2.24, 2.45) is 17.8 Å². The van der Waals surface area contributed by atoms with Gasteiger partial charge in [-0.3, -0.25) is 4.79 Å². The summed E-state index contributed by atoms with van der Waals surface area (Å²) in [5.41, 5.74) is 0. The lowest BCUT2D eigenvalue weighted by Gasteiger charge is -2.42. The molecule has 10 heteroatoms. The van der Waals surface area contributed by atoms with E-state index in [1.165, 1.54) is 0 Å². The summed E-state index contributed by atoms with van der Waals surface area (Å²) in [7, 11) is 0. The molecular formula is C21H36N6O4. The molecule has 10 nitrogen and oxygen atoms in total. The summed E-state index contributed by atoms with van der Waals surface area (Å²) >= 11 is 0. The van der Waals surface area contributed by atoms with Crippen molar-refractivity contribution >= 4 is 12.1 Å². The zero-order chi connectivity index (χ0) is 23.8. The minimum absolute atomic E-state index is 0.109. The van der Waals surface area contributed by atoms with E-state index in [0.29, 0.717) is 37.7 Å². The van der Waals surface area contributed by atoms with Gasteiger partial charge in [-0.2, -0.15) is 5.21 Å². The number of carbonyl (C=O) groups is 2. The van der Waals surface area contributed by atoms with Gasteiger partial charge in [0.15, 0.2) is 5.82 Å². The van der Waals surface area contributed by atoms with Crippen molar-refractivity contribution in [1.82, 2.24) is 30.8 Å². The summed E-state index contributed by atoms with van der Waals surface area (Å²) in [5, 5.41) is 16.9.